The summed E-state index contributed by atoms with van der Waals surface area (Å²) in [6.07, 6.45) is 1.80. The first-order chi connectivity index (χ1) is 10.7. The van der Waals surface area contributed by atoms with E-state index in [0.717, 1.165) is 12.8 Å². The molecule has 22 heavy (non-hydrogen) atoms. The van der Waals surface area contributed by atoms with Gasteiger partial charge in [-0.2, -0.15) is 0 Å². The van der Waals surface area contributed by atoms with Crippen molar-refractivity contribution in [3.8, 4) is 0 Å². The van der Waals surface area contributed by atoms with Gasteiger partial charge in [0.2, 0.25) is 0 Å². The van der Waals surface area contributed by atoms with Gasteiger partial charge in [0, 0.05) is 35.6 Å². The van der Waals surface area contributed by atoms with E-state index in [9.17, 15) is 9.18 Å². The predicted molar refractivity (Wildman–Crippen MR) is 84.8 cm³/mol. The lowest BCUT2D eigenvalue weighted by Crippen LogP contribution is -2.44. The molecular formula is C17H18FNO2S. The third-order valence-electron chi connectivity index (χ3n) is 4.19. The van der Waals surface area contributed by atoms with Gasteiger partial charge in [0.05, 0.1) is 0 Å². The molecule has 0 bridgehead atoms. The van der Waals surface area contributed by atoms with Crippen molar-refractivity contribution in [1.82, 2.24) is 5.32 Å². The molecule has 0 aliphatic carbocycles. The summed E-state index contributed by atoms with van der Waals surface area (Å²) in [7, 11) is 0. The molecule has 3 rings (SSSR count). The first-order valence-corrected chi connectivity index (χ1v) is 8.23. The van der Waals surface area contributed by atoms with Gasteiger partial charge in [-0.25, -0.2) is 4.39 Å². The second kappa shape index (κ2) is 6.58. The molecule has 1 saturated heterocycles. The molecule has 1 aromatic carbocycles. The molecule has 0 spiro atoms. The zero-order valence-corrected chi connectivity index (χ0v) is 13.0. The van der Waals surface area contributed by atoms with Crippen LogP contribution in [0.4, 0.5) is 4.39 Å². The van der Waals surface area contributed by atoms with Crippen molar-refractivity contribution >= 4 is 17.2 Å². The van der Waals surface area contributed by atoms with Crippen LogP contribution in [0.15, 0.2) is 41.8 Å². The van der Waals surface area contributed by atoms with Crippen LogP contribution in [-0.4, -0.2) is 25.7 Å². The van der Waals surface area contributed by atoms with Gasteiger partial charge in [0.25, 0.3) is 5.91 Å². The molecule has 1 amide bonds. The molecule has 1 aliphatic heterocycles. The van der Waals surface area contributed by atoms with Gasteiger partial charge in [-0.1, -0.05) is 6.07 Å². The van der Waals surface area contributed by atoms with Crippen molar-refractivity contribution in [2.75, 3.05) is 19.8 Å². The Hall–Kier alpha value is -1.72. The van der Waals surface area contributed by atoms with Crippen LogP contribution in [-0.2, 0) is 10.2 Å². The van der Waals surface area contributed by atoms with Crippen LogP contribution in [0.1, 0.15) is 28.1 Å². The lowest BCUT2D eigenvalue weighted by molar-refractivity contribution is 0.0499. The molecule has 0 atom stereocenters. The van der Waals surface area contributed by atoms with Gasteiger partial charge >= 0.3 is 0 Å². The zero-order chi connectivity index (χ0) is 15.4. The number of halogens is 1. The number of hydrogen-bond acceptors (Lipinski definition) is 3. The average molecular weight is 319 g/mol. The summed E-state index contributed by atoms with van der Waals surface area (Å²) in [6.45, 7) is 2.00. The van der Waals surface area contributed by atoms with Crippen molar-refractivity contribution < 1.29 is 13.9 Å². The van der Waals surface area contributed by atoms with Crippen molar-refractivity contribution in [3.63, 3.8) is 0 Å². The Labute approximate surface area is 133 Å². The Bertz CT molecular complexity index is 619. The molecule has 2 aromatic rings. The molecule has 1 aliphatic rings. The highest BCUT2D eigenvalue weighted by molar-refractivity contribution is 7.10. The van der Waals surface area contributed by atoms with E-state index in [-0.39, 0.29) is 17.1 Å². The number of carbonyl (C=O) groups excluding carboxylic acids is 1. The molecule has 1 aromatic heterocycles. The molecule has 1 N–H and O–H groups in total. The molecule has 1 fully saturated rings. The molecule has 0 unspecified atom stereocenters. The fraction of sp³-hybridized carbons (Fsp3) is 0.353. The SMILES string of the molecule is O=C(NCC1(c2cccs2)CCOCC1)c1ccc(F)cc1. The lowest BCUT2D eigenvalue weighted by atomic mass is 9.78. The number of thiophene rings is 1. The van der Waals surface area contributed by atoms with Crippen LogP contribution in [0.2, 0.25) is 0 Å². The van der Waals surface area contributed by atoms with Gasteiger partial charge in [-0.05, 0) is 48.6 Å². The third kappa shape index (κ3) is 3.20. The van der Waals surface area contributed by atoms with Gasteiger partial charge in [-0.3, -0.25) is 4.79 Å². The lowest BCUT2D eigenvalue weighted by Gasteiger charge is -2.36. The number of ether oxygens (including phenoxy) is 1. The molecule has 0 saturated carbocycles. The Balaban J connectivity index is 1.72. The predicted octanol–water partition coefficient (Wildman–Crippen LogP) is 3.37. The van der Waals surface area contributed by atoms with Gasteiger partial charge in [0.1, 0.15) is 5.82 Å². The highest BCUT2D eigenvalue weighted by Gasteiger charge is 2.35. The number of rotatable bonds is 4. The molecule has 116 valence electrons. The highest BCUT2D eigenvalue weighted by atomic mass is 32.1. The van der Waals surface area contributed by atoms with Gasteiger partial charge in [0.15, 0.2) is 0 Å². The standard InChI is InChI=1S/C17H18FNO2S/c18-14-5-3-13(4-6-14)16(20)19-12-17(7-9-21-10-8-17)15-2-1-11-22-15/h1-6,11H,7-10,12H2,(H,19,20). The van der Waals surface area contributed by atoms with Crippen molar-refractivity contribution in [2.24, 2.45) is 0 Å². The van der Waals surface area contributed by atoms with E-state index in [2.05, 4.69) is 16.8 Å². The first kappa shape index (κ1) is 15.2. The maximum Gasteiger partial charge on any atom is 0.251 e. The second-order valence-corrected chi connectivity index (χ2v) is 6.51. The van der Waals surface area contributed by atoms with Gasteiger partial charge in [-0.15, -0.1) is 11.3 Å². The first-order valence-electron chi connectivity index (χ1n) is 7.35. The van der Waals surface area contributed by atoms with E-state index >= 15 is 0 Å². The van der Waals surface area contributed by atoms with Crippen molar-refractivity contribution in [1.29, 1.82) is 0 Å². The fourth-order valence-corrected chi connectivity index (χ4v) is 3.79. The largest absolute Gasteiger partial charge is 0.381 e. The highest BCUT2D eigenvalue weighted by Crippen LogP contribution is 2.37. The van der Waals surface area contributed by atoms with E-state index < -0.39 is 0 Å². The summed E-state index contributed by atoms with van der Waals surface area (Å²) in [5.74, 6) is -0.501. The topological polar surface area (TPSA) is 38.3 Å². The van der Waals surface area contributed by atoms with E-state index in [1.54, 1.807) is 11.3 Å². The quantitative estimate of drug-likeness (QED) is 0.938. The van der Waals surface area contributed by atoms with E-state index in [0.29, 0.717) is 25.3 Å². The van der Waals surface area contributed by atoms with Crippen LogP contribution in [0.5, 0.6) is 0 Å². The van der Waals surface area contributed by atoms with E-state index in [4.69, 9.17) is 4.74 Å². The zero-order valence-electron chi connectivity index (χ0n) is 12.2. The van der Waals surface area contributed by atoms with Crippen LogP contribution >= 0.6 is 11.3 Å². The van der Waals surface area contributed by atoms with Crippen LogP contribution in [0.3, 0.4) is 0 Å². The molecular weight excluding hydrogens is 301 g/mol. The fourth-order valence-electron chi connectivity index (χ4n) is 2.81. The number of benzene rings is 1. The number of carbonyl (C=O) groups is 1. The molecule has 5 heteroatoms. The summed E-state index contributed by atoms with van der Waals surface area (Å²) < 4.78 is 18.4. The monoisotopic (exact) mass is 319 g/mol. The van der Waals surface area contributed by atoms with E-state index in [1.807, 2.05) is 6.07 Å². The minimum absolute atomic E-state index is 0.0535. The molecule has 3 nitrogen and oxygen atoms in total. The summed E-state index contributed by atoms with van der Waals surface area (Å²) in [6, 6.07) is 9.79. The van der Waals surface area contributed by atoms with Crippen LogP contribution in [0.25, 0.3) is 0 Å². The Morgan fingerprint density at radius 1 is 1.23 bits per heavy atom. The second-order valence-electron chi connectivity index (χ2n) is 5.56. The normalized spacial score (nSPS) is 17.1. The minimum atomic E-state index is -0.337. The summed E-state index contributed by atoms with van der Waals surface area (Å²) in [5.41, 5.74) is 0.428. The Kier molecular flexibility index (Phi) is 4.55. The average Bonchev–Trinajstić information content (AvgIpc) is 3.09. The number of nitrogens with one attached hydrogen (secondary N) is 1. The third-order valence-corrected chi connectivity index (χ3v) is 5.30. The molecule has 0 radical (unpaired) electrons. The molecule has 2 heterocycles. The maximum absolute atomic E-state index is 12.9. The number of hydrogen-bond donors (Lipinski definition) is 1. The minimum Gasteiger partial charge on any atom is -0.381 e. The Morgan fingerprint density at radius 3 is 2.59 bits per heavy atom. The maximum atomic E-state index is 12.9. The Morgan fingerprint density at radius 2 is 1.95 bits per heavy atom. The smallest absolute Gasteiger partial charge is 0.251 e. The van der Waals surface area contributed by atoms with Crippen LogP contribution < -0.4 is 5.32 Å². The van der Waals surface area contributed by atoms with Gasteiger partial charge < -0.3 is 10.1 Å². The number of amides is 1. The summed E-state index contributed by atoms with van der Waals surface area (Å²) >= 11 is 1.72. The van der Waals surface area contributed by atoms with Crippen molar-refractivity contribution in [3.05, 3.63) is 58.0 Å². The summed E-state index contributed by atoms with van der Waals surface area (Å²) in [5, 5.41) is 5.07. The van der Waals surface area contributed by atoms with Crippen molar-refractivity contribution in [2.45, 2.75) is 18.3 Å². The van der Waals surface area contributed by atoms with Crippen LogP contribution in [0, 0.1) is 5.82 Å². The summed E-state index contributed by atoms with van der Waals surface area (Å²) in [4.78, 5) is 13.5. The van der Waals surface area contributed by atoms with E-state index in [1.165, 1.54) is 29.1 Å².